The van der Waals surface area contributed by atoms with E-state index in [4.69, 9.17) is 9.47 Å². The molecule has 2 heterocycles. The fourth-order valence-corrected chi connectivity index (χ4v) is 6.45. The predicted molar refractivity (Wildman–Crippen MR) is 171 cm³/mol. The zero-order valence-corrected chi connectivity index (χ0v) is 26.8. The lowest BCUT2D eigenvalue weighted by atomic mass is 9.84. The Morgan fingerprint density at radius 3 is 2.39 bits per heavy atom. The molecule has 5 rings (SSSR count). The van der Waals surface area contributed by atoms with Crippen LogP contribution in [0.3, 0.4) is 0 Å². The van der Waals surface area contributed by atoms with Crippen LogP contribution in [0.25, 0.3) is 11.4 Å². The molecule has 0 unspecified atom stereocenters. The number of hydrogen-bond acceptors (Lipinski definition) is 8. The van der Waals surface area contributed by atoms with E-state index in [0.29, 0.717) is 34.5 Å². The van der Waals surface area contributed by atoms with Crippen LogP contribution in [0.4, 0.5) is 5.69 Å². The Hall–Kier alpha value is -4.25. The van der Waals surface area contributed by atoms with Gasteiger partial charge in [-0.1, -0.05) is 37.5 Å². The van der Waals surface area contributed by atoms with Crippen molar-refractivity contribution < 1.29 is 19.1 Å². The molecule has 2 amide bonds. The van der Waals surface area contributed by atoms with Crippen molar-refractivity contribution in [3.63, 3.8) is 0 Å². The molecule has 0 saturated heterocycles. The van der Waals surface area contributed by atoms with Crippen LogP contribution in [0.2, 0.25) is 0 Å². The second kappa shape index (κ2) is 13.6. The molecule has 2 aromatic carbocycles. The van der Waals surface area contributed by atoms with E-state index in [1.807, 2.05) is 50.4 Å². The number of tetrazole rings is 1. The highest BCUT2D eigenvalue weighted by Gasteiger charge is 2.35. The van der Waals surface area contributed by atoms with Crippen molar-refractivity contribution in [1.82, 2.24) is 25.5 Å². The van der Waals surface area contributed by atoms with Gasteiger partial charge < -0.3 is 14.8 Å². The van der Waals surface area contributed by atoms with Crippen LogP contribution in [0.5, 0.6) is 11.5 Å². The molecule has 1 atom stereocenters. The summed E-state index contributed by atoms with van der Waals surface area (Å²) in [7, 11) is 3.12. The fraction of sp³-hybridized carbons (Fsp3) is 0.424. The second-order valence-electron chi connectivity index (χ2n) is 12.1. The van der Waals surface area contributed by atoms with Gasteiger partial charge in [-0.25, -0.2) is 0 Å². The van der Waals surface area contributed by atoms with Gasteiger partial charge in [-0.15, -0.1) is 21.5 Å². The number of amides is 2. The molecule has 1 saturated carbocycles. The first kappa shape index (κ1) is 31.2. The number of benzene rings is 2. The maximum atomic E-state index is 14.2. The number of thiophene rings is 1. The maximum Gasteiger partial charge on any atom is 0.251 e. The highest BCUT2D eigenvalue weighted by atomic mass is 32.1. The van der Waals surface area contributed by atoms with Gasteiger partial charge in [0.25, 0.3) is 5.91 Å². The lowest BCUT2D eigenvalue weighted by Crippen LogP contribution is -2.50. The average Bonchev–Trinajstić information content (AvgIpc) is 3.72. The van der Waals surface area contributed by atoms with Crippen LogP contribution in [-0.4, -0.2) is 51.8 Å². The summed E-state index contributed by atoms with van der Waals surface area (Å²) in [6.45, 7) is 5.57. The third-order valence-electron chi connectivity index (χ3n) is 7.71. The van der Waals surface area contributed by atoms with Crippen LogP contribution in [-0.2, 0) is 16.1 Å². The summed E-state index contributed by atoms with van der Waals surface area (Å²) in [5.74, 6) is 1.37. The average molecular weight is 617 g/mol. The number of nitrogens with one attached hydrogen (secondary N) is 1. The Labute approximate surface area is 262 Å². The summed E-state index contributed by atoms with van der Waals surface area (Å²) in [4.78, 5) is 31.7. The molecule has 1 fully saturated rings. The van der Waals surface area contributed by atoms with Crippen molar-refractivity contribution >= 4 is 28.8 Å². The third kappa shape index (κ3) is 7.27. The van der Waals surface area contributed by atoms with Gasteiger partial charge in [-0.05, 0) is 92.1 Å². The Kier molecular flexibility index (Phi) is 9.63. The molecule has 1 aliphatic rings. The zero-order valence-electron chi connectivity index (χ0n) is 25.9. The monoisotopic (exact) mass is 616 g/mol. The van der Waals surface area contributed by atoms with Crippen LogP contribution < -0.4 is 19.7 Å². The van der Waals surface area contributed by atoms with Crippen molar-refractivity contribution in [3.8, 4) is 22.9 Å². The number of methoxy groups -OCH3 is 2. The Morgan fingerprint density at radius 2 is 1.75 bits per heavy atom. The van der Waals surface area contributed by atoms with Gasteiger partial charge in [0.05, 0.1) is 14.2 Å². The first-order valence-electron chi connectivity index (χ1n) is 14.9. The lowest BCUT2D eigenvalue weighted by Gasteiger charge is -2.33. The summed E-state index contributed by atoms with van der Waals surface area (Å²) >= 11 is 1.44. The fourth-order valence-electron chi connectivity index (χ4n) is 5.64. The van der Waals surface area contributed by atoms with Gasteiger partial charge in [-0.3, -0.25) is 14.5 Å². The second-order valence-corrected chi connectivity index (χ2v) is 13.0. The van der Waals surface area contributed by atoms with E-state index >= 15 is 0 Å². The molecule has 0 radical (unpaired) electrons. The molecule has 0 bridgehead atoms. The van der Waals surface area contributed by atoms with Gasteiger partial charge in [0.15, 0.2) is 11.5 Å². The van der Waals surface area contributed by atoms with Gasteiger partial charge in [0.1, 0.15) is 12.6 Å². The molecule has 44 heavy (non-hydrogen) atoms. The van der Waals surface area contributed by atoms with Crippen molar-refractivity contribution in [1.29, 1.82) is 0 Å². The molecular weight excluding hydrogens is 576 g/mol. The number of aromatic nitrogens is 4. The molecule has 0 spiro atoms. The number of hydrogen-bond donors (Lipinski definition) is 1. The smallest absolute Gasteiger partial charge is 0.251 e. The molecule has 11 heteroatoms. The standard InChI is InChI=1S/C33H40N6O4S/c1-33(2,3)34-32(41)30(28-12-9-19-44-28)39(25-16-13-23(14-17-25)22-10-7-6-8-11-22)29(40)21-38-36-31(35-37-38)24-15-18-26(42-4)27(20-24)43-5/h9,12-20,22,30H,6-8,10-11,21H2,1-5H3,(H,34,41)/t30-/m1/s1. The number of ether oxygens (including phenoxy) is 2. The minimum absolute atomic E-state index is 0.213. The molecule has 0 aliphatic heterocycles. The number of rotatable bonds is 10. The first-order valence-corrected chi connectivity index (χ1v) is 15.8. The number of carbonyl (C=O) groups is 2. The van der Waals surface area contributed by atoms with E-state index in [0.717, 1.165) is 4.88 Å². The molecule has 10 nitrogen and oxygen atoms in total. The van der Waals surface area contributed by atoms with Gasteiger partial charge in [0.2, 0.25) is 11.7 Å². The summed E-state index contributed by atoms with van der Waals surface area (Å²) in [5, 5.41) is 17.8. The van der Waals surface area contributed by atoms with E-state index in [1.165, 1.54) is 53.8 Å². The van der Waals surface area contributed by atoms with Gasteiger partial charge in [0, 0.05) is 21.7 Å². The minimum Gasteiger partial charge on any atom is -0.493 e. The highest BCUT2D eigenvalue weighted by molar-refractivity contribution is 7.10. The van der Waals surface area contributed by atoms with Crippen LogP contribution in [0.15, 0.2) is 60.0 Å². The molecular formula is C33H40N6O4S. The van der Waals surface area contributed by atoms with Gasteiger partial charge in [-0.2, -0.15) is 4.80 Å². The van der Waals surface area contributed by atoms with Gasteiger partial charge >= 0.3 is 0 Å². The minimum atomic E-state index is -0.879. The van der Waals surface area contributed by atoms with Crippen molar-refractivity contribution in [2.75, 3.05) is 19.1 Å². The highest BCUT2D eigenvalue weighted by Crippen LogP contribution is 2.36. The number of nitrogens with zero attached hydrogens (tertiary/aromatic N) is 5. The normalized spacial score (nSPS) is 14.6. The number of carbonyl (C=O) groups excluding carboxylic acids is 2. The Morgan fingerprint density at radius 1 is 1.02 bits per heavy atom. The van der Waals surface area contributed by atoms with Crippen LogP contribution >= 0.6 is 11.3 Å². The summed E-state index contributed by atoms with van der Waals surface area (Å²) < 4.78 is 10.7. The number of anilines is 1. The quantitative estimate of drug-likeness (QED) is 0.227. The van der Waals surface area contributed by atoms with Crippen molar-refractivity contribution in [2.24, 2.45) is 0 Å². The van der Waals surface area contributed by atoms with E-state index in [2.05, 4.69) is 32.9 Å². The summed E-state index contributed by atoms with van der Waals surface area (Å²) in [5.41, 5.74) is 2.08. The van der Waals surface area contributed by atoms with E-state index in [9.17, 15) is 9.59 Å². The maximum absolute atomic E-state index is 14.2. The van der Waals surface area contributed by atoms with Crippen LogP contribution in [0.1, 0.15) is 75.3 Å². The largest absolute Gasteiger partial charge is 0.493 e. The molecule has 4 aromatic rings. The van der Waals surface area contributed by atoms with E-state index in [1.54, 1.807) is 37.3 Å². The van der Waals surface area contributed by atoms with E-state index in [-0.39, 0.29) is 18.4 Å². The molecule has 232 valence electrons. The van der Waals surface area contributed by atoms with Crippen LogP contribution in [0, 0.1) is 0 Å². The van der Waals surface area contributed by atoms with Crippen molar-refractivity contribution in [3.05, 3.63) is 70.4 Å². The lowest BCUT2D eigenvalue weighted by molar-refractivity contribution is -0.128. The van der Waals surface area contributed by atoms with E-state index < -0.39 is 11.6 Å². The predicted octanol–water partition coefficient (Wildman–Crippen LogP) is 6.16. The molecule has 1 aliphatic carbocycles. The third-order valence-corrected chi connectivity index (χ3v) is 8.63. The Balaban J connectivity index is 1.48. The molecule has 1 N–H and O–H groups in total. The summed E-state index contributed by atoms with van der Waals surface area (Å²) in [6.07, 6.45) is 6.11. The topological polar surface area (TPSA) is 111 Å². The molecule has 2 aromatic heterocycles. The van der Waals surface area contributed by atoms with Crippen molar-refractivity contribution in [2.45, 2.75) is 76.9 Å². The first-order chi connectivity index (χ1) is 21.2. The Bertz CT molecular complexity index is 1560. The SMILES string of the molecule is COc1ccc(-c2nnn(CC(=O)N(c3ccc(C4CCCCC4)cc3)[C@@H](C(=O)NC(C)(C)C)c3cccs3)n2)cc1OC. The zero-order chi connectivity index (χ0) is 31.3. The summed E-state index contributed by atoms with van der Waals surface area (Å²) in [6, 6.07) is 16.3.